The Hall–Kier alpha value is -1.02. The predicted molar refractivity (Wildman–Crippen MR) is 109 cm³/mol. The summed E-state index contributed by atoms with van der Waals surface area (Å²) >= 11 is 12.1. The van der Waals surface area contributed by atoms with Crippen molar-refractivity contribution in [3.05, 3.63) is 33.8 Å². The molecule has 1 aliphatic rings. The molecule has 146 valence electrons. The van der Waals surface area contributed by atoms with Crippen LogP contribution in [0.4, 0.5) is 0 Å². The Bertz CT molecular complexity index is 725. The van der Waals surface area contributed by atoms with Crippen molar-refractivity contribution in [2.75, 3.05) is 38.5 Å². The third-order valence-corrected chi connectivity index (χ3v) is 6.63. The molecule has 26 heavy (non-hydrogen) atoms. The summed E-state index contributed by atoms with van der Waals surface area (Å²) in [7, 11) is -3.04. The highest BCUT2D eigenvalue weighted by Crippen LogP contribution is 2.22. The van der Waals surface area contributed by atoms with Crippen molar-refractivity contribution >= 4 is 39.2 Å². The molecule has 0 aromatic heterocycles. The molecule has 2 N–H and O–H groups in total. The van der Waals surface area contributed by atoms with E-state index in [1.165, 1.54) is 4.31 Å². The maximum atomic E-state index is 11.8. The number of benzene rings is 1. The van der Waals surface area contributed by atoms with E-state index in [1.54, 1.807) is 6.07 Å². The summed E-state index contributed by atoms with van der Waals surface area (Å²) in [4.78, 5) is 4.53. The topological polar surface area (TPSA) is 73.8 Å². The van der Waals surface area contributed by atoms with Crippen LogP contribution in [0.15, 0.2) is 23.2 Å². The normalized spacial score (nSPS) is 17.4. The minimum atomic E-state index is -3.04. The Morgan fingerprint density at radius 1 is 1.31 bits per heavy atom. The highest BCUT2D eigenvalue weighted by Gasteiger charge is 2.27. The maximum absolute atomic E-state index is 11.8. The lowest BCUT2D eigenvalue weighted by Gasteiger charge is -2.16. The van der Waals surface area contributed by atoms with Gasteiger partial charge < -0.3 is 10.6 Å². The summed E-state index contributed by atoms with van der Waals surface area (Å²) in [6.45, 7) is 5.00. The first-order chi connectivity index (χ1) is 12.4. The number of nitrogens with zero attached hydrogens (tertiary/aromatic N) is 2. The van der Waals surface area contributed by atoms with Gasteiger partial charge in [-0.05, 0) is 43.9 Å². The van der Waals surface area contributed by atoms with Gasteiger partial charge in [0, 0.05) is 42.8 Å². The molecule has 1 aliphatic heterocycles. The average molecular weight is 421 g/mol. The molecule has 2 rings (SSSR count). The summed E-state index contributed by atoms with van der Waals surface area (Å²) in [5, 5.41) is 7.68. The van der Waals surface area contributed by atoms with Crippen molar-refractivity contribution in [3.8, 4) is 0 Å². The molecule has 9 heteroatoms. The van der Waals surface area contributed by atoms with Crippen molar-refractivity contribution in [2.24, 2.45) is 4.99 Å². The molecule has 1 aromatic rings. The monoisotopic (exact) mass is 420 g/mol. The molecule has 0 spiro atoms. The number of nitrogens with one attached hydrogen (secondary N) is 2. The number of rotatable bonds is 8. The predicted octanol–water partition coefficient (Wildman–Crippen LogP) is 2.52. The molecule has 1 heterocycles. The van der Waals surface area contributed by atoms with E-state index in [9.17, 15) is 8.42 Å². The van der Waals surface area contributed by atoms with E-state index in [1.807, 2.05) is 19.1 Å². The molecule has 0 unspecified atom stereocenters. The first-order valence-electron chi connectivity index (χ1n) is 8.86. The van der Waals surface area contributed by atoms with Crippen LogP contribution in [0, 0.1) is 0 Å². The highest BCUT2D eigenvalue weighted by atomic mass is 35.5. The first kappa shape index (κ1) is 21.3. The van der Waals surface area contributed by atoms with Crippen LogP contribution in [0.5, 0.6) is 0 Å². The van der Waals surface area contributed by atoms with Crippen LogP contribution in [0.1, 0.15) is 25.3 Å². The zero-order chi connectivity index (χ0) is 19.0. The zero-order valence-electron chi connectivity index (χ0n) is 15.0. The number of hydrogen-bond donors (Lipinski definition) is 2. The average Bonchev–Trinajstić information content (AvgIpc) is 2.91. The second kappa shape index (κ2) is 10.3. The van der Waals surface area contributed by atoms with Crippen LogP contribution in [0.25, 0.3) is 0 Å². The van der Waals surface area contributed by atoms with Gasteiger partial charge in [0.05, 0.1) is 5.75 Å². The number of sulfonamides is 1. The van der Waals surface area contributed by atoms with Gasteiger partial charge in [-0.25, -0.2) is 12.7 Å². The van der Waals surface area contributed by atoms with Gasteiger partial charge in [0.25, 0.3) is 0 Å². The van der Waals surface area contributed by atoms with E-state index in [2.05, 4.69) is 15.6 Å². The molecular weight excluding hydrogens is 395 g/mol. The summed E-state index contributed by atoms with van der Waals surface area (Å²) in [6.07, 6.45) is 2.40. The summed E-state index contributed by atoms with van der Waals surface area (Å²) in [5.74, 6) is 0.959. The van der Waals surface area contributed by atoms with Gasteiger partial charge >= 0.3 is 0 Å². The van der Waals surface area contributed by atoms with E-state index in [0.717, 1.165) is 24.9 Å². The fraction of sp³-hybridized carbons (Fsp3) is 0.588. The lowest BCUT2D eigenvalue weighted by atomic mass is 10.1. The Kier molecular flexibility index (Phi) is 8.47. The SMILES string of the molecule is CCNC(=NCCCc1ccc(Cl)cc1Cl)NCCN1CCCS1(=O)=O. The van der Waals surface area contributed by atoms with Gasteiger partial charge in [0.15, 0.2) is 5.96 Å². The lowest BCUT2D eigenvalue weighted by Crippen LogP contribution is -2.42. The number of guanidine groups is 1. The van der Waals surface area contributed by atoms with Gasteiger partial charge in [-0.3, -0.25) is 4.99 Å². The Morgan fingerprint density at radius 2 is 2.12 bits per heavy atom. The van der Waals surface area contributed by atoms with Crippen LogP contribution in [-0.2, 0) is 16.4 Å². The third-order valence-electron chi connectivity index (χ3n) is 4.09. The zero-order valence-corrected chi connectivity index (χ0v) is 17.3. The molecule has 6 nitrogen and oxygen atoms in total. The van der Waals surface area contributed by atoms with Crippen LogP contribution in [-0.4, -0.2) is 57.2 Å². The van der Waals surface area contributed by atoms with Crippen LogP contribution >= 0.6 is 23.2 Å². The number of aryl methyl sites for hydroxylation is 1. The van der Waals surface area contributed by atoms with Crippen LogP contribution < -0.4 is 10.6 Å². The Morgan fingerprint density at radius 3 is 2.77 bits per heavy atom. The number of halogens is 2. The fourth-order valence-corrected chi connectivity index (χ4v) is 4.80. The minimum absolute atomic E-state index is 0.258. The standard InChI is InChI=1S/C17H26Cl2N4O2S/c1-2-20-17(22-9-11-23-10-4-12-26(23,24)25)21-8-3-5-14-6-7-15(18)13-16(14)19/h6-7,13H,2-5,8-12H2,1H3,(H2,20,21,22). The highest BCUT2D eigenvalue weighted by molar-refractivity contribution is 7.89. The molecule has 0 saturated carbocycles. The second-order valence-corrected chi connectivity index (χ2v) is 9.03. The van der Waals surface area contributed by atoms with E-state index in [4.69, 9.17) is 23.2 Å². The van der Waals surface area contributed by atoms with Crippen molar-refractivity contribution in [3.63, 3.8) is 0 Å². The summed E-state index contributed by atoms with van der Waals surface area (Å²) in [6, 6.07) is 5.53. The van der Waals surface area contributed by atoms with E-state index < -0.39 is 10.0 Å². The summed E-state index contributed by atoms with van der Waals surface area (Å²) in [5.41, 5.74) is 1.06. The van der Waals surface area contributed by atoms with E-state index in [-0.39, 0.29) is 5.75 Å². The third kappa shape index (κ3) is 6.61. The van der Waals surface area contributed by atoms with Gasteiger partial charge in [0.2, 0.25) is 10.0 Å². The molecule has 0 aliphatic carbocycles. The molecule has 0 radical (unpaired) electrons. The quantitative estimate of drug-likeness (QED) is 0.384. The number of hydrogen-bond acceptors (Lipinski definition) is 3. The molecule has 1 saturated heterocycles. The van der Waals surface area contributed by atoms with E-state index >= 15 is 0 Å². The molecule has 1 aromatic carbocycles. The van der Waals surface area contributed by atoms with Gasteiger partial charge in [0.1, 0.15) is 0 Å². The molecule has 0 atom stereocenters. The van der Waals surface area contributed by atoms with Crippen molar-refractivity contribution in [1.82, 2.24) is 14.9 Å². The summed E-state index contributed by atoms with van der Waals surface area (Å²) < 4.78 is 25.1. The molecule has 0 bridgehead atoms. The van der Waals surface area contributed by atoms with Crippen LogP contribution in [0.2, 0.25) is 10.0 Å². The van der Waals surface area contributed by atoms with Crippen molar-refractivity contribution in [1.29, 1.82) is 0 Å². The smallest absolute Gasteiger partial charge is 0.214 e. The van der Waals surface area contributed by atoms with Gasteiger partial charge in [-0.2, -0.15) is 0 Å². The fourth-order valence-electron chi connectivity index (χ4n) is 2.77. The minimum Gasteiger partial charge on any atom is -0.357 e. The lowest BCUT2D eigenvalue weighted by molar-refractivity contribution is 0.445. The Labute approximate surface area is 166 Å². The van der Waals surface area contributed by atoms with Gasteiger partial charge in [-0.15, -0.1) is 0 Å². The van der Waals surface area contributed by atoms with Crippen molar-refractivity contribution in [2.45, 2.75) is 26.2 Å². The maximum Gasteiger partial charge on any atom is 0.214 e. The Balaban J connectivity index is 1.77. The van der Waals surface area contributed by atoms with Crippen LogP contribution in [0.3, 0.4) is 0 Å². The molecule has 1 fully saturated rings. The van der Waals surface area contributed by atoms with Gasteiger partial charge in [-0.1, -0.05) is 29.3 Å². The largest absolute Gasteiger partial charge is 0.357 e. The second-order valence-electron chi connectivity index (χ2n) is 6.10. The van der Waals surface area contributed by atoms with Crippen molar-refractivity contribution < 1.29 is 8.42 Å². The number of aliphatic imine (C=N–C) groups is 1. The molecular formula is C17H26Cl2N4O2S. The van der Waals surface area contributed by atoms with E-state index in [0.29, 0.717) is 48.6 Å². The molecule has 0 amide bonds. The first-order valence-corrected chi connectivity index (χ1v) is 11.2.